The van der Waals surface area contributed by atoms with Crippen LogP contribution in [0.15, 0.2) is 71.6 Å². The van der Waals surface area contributed by atoms with Crippen molar-refractivity contribution in [1.82, 2.24) is 10.3 Å². The molecule has 0 aromatic heterocycles. The molecule has 0 aliphatic carbocycles. The highest BCUT2D eigenvalue weighted by Gasteiger charge is 2.16. The maximum Gasteiger partial charge on any atom is 0.266 e. The molecule has 0 saturated heterocycles. The summed E-state index contributed by atoms with van der Waals surface area (Å²) in [5.74, 6) is -0.514. The van der Waals surface area contributed by atoms with Gasteiger partial charge in [0.1, 0.15) is 0 Å². The number of sulfonamides is 1. The quantitative estimate of drug-likeness (QED) is 0.717. The number of rotatable bonds is 4. The number of aryl methyl sites for hydroxylation is 1. The minimum atomic E-state index is -3.84. The fourth-order valence-corrected chi connectivity index (χ4v) is 3.16. The van der Waals surface area contributed by atoms with Crippen molar-refractivity contribution in [2.24, 2.45) is 0 Å². The molecule has 122 valence electrons. The van der Waals surface area contributed by atoms with Gasteiger partial charge in [0.15, 0.2) is 0 Å². The molecule has 3 rings (SSSR count). The van der Waals surface area contributed by atoms with Gasteiger partial charge in [-0.2, -0.15) is 0 Å². The molecule has 2 N–H and O–H groups in total. The third-order valence-corrected chi connectivity index (χ3v) is 4.89. The molecule has 1 amide bonds. The smallest absolute Gasteiger partial charge is 0.266 e. The van der Waals surface area contributed by atoms with E-state index in [1.165, 1.54) is 6.07 Å². The Morgan fingerprint density at radius 3 is 2.25 bits per heavy atom. The molecule has 0 unspecified atom stereocenters. The highest BCUT2D eigenvalue weighted by molar-refractivity contribution is 7.89. The fraction of sp³-hybridized carbons (Fsp3) is 0.0556. The van der Waals surface area contributed by atoms with Crippen LogP contribution >= 0.6 is 0 Å². The molecule has 24 heavy (non-hydrogen) atoms. The number of benzene rings is 3. The van der Waals surface area contributed by atoms with Crippen LogP contribution in [0.4, 0.5) is 0 Å². The Hall–Kier alpha value is -2.70. The summed E-state index contributed by atoms with van der Waals surface area (Å²) in [7, 11) is -3.84. The summed E-state index contributed by atoms with van der Waals surface area (Å²) >= 11 is 0. The van der Waals surface area contributed by atoms with Crippen LogP contribution < -0.4 is 10.3 Å². The summed E-state index contributed by atoms with van der Waals surface area (Å²) < 4.78 is 24.7. The lowest BCUT2D eigenvalue weighted by Gasteiger charge is -2.09. The number of hydrazine groups is 1. The number of nitrogens with one attached hydrogen (secondary N) is 2. The number of carbonyl (C=O) groups is 1. The molecule has 0 atom stereocenters. The van der Waals surface area contributed by atoms with Crippen LogP contribution in [-0.4, -0.2) is 14.3 Å². The first kappa shape index (κ1) is 16.2. The molecular weight excluding hydrogens is 324 g/mol. The summed E-state index contributed by atoms with van der Waals surface area (Å²) in [6.07, 6.45) is 0. The van der Waals surface area contributed by atoms with Crippen molar-refractivity contribution in [1.29, 1.82) is 0 Å². The number of hydrogen-bond donors (Lipinski definition) is 2. The van der Waals surface area contributed by atoms with Gasteiger partial charge in [-0.25, -0.2) is 8.42 Å². The van der Waals surface area contributed by atoms with Gasteiger partial charge in [0.25, 0.3) is 15.9 Å². The lowest BCUT2D eigenvalue weighted by atomic mass is 10.1. The predicted octanol–water partition coefficient (Wildman–Crippen LogP) is 2.77. The second kappa shape index (κ2) is 6.43. The zero-order valence-electron chi connectivity index (χ0n) is 13.0. The number of hydrogen-bond acceptors (Lipinski definition) is 3. The van der Waals surface area contributed by atoms with E-state index in [9.17, 15) is 13.2 Å². The van der Waals surface area contributed by atoms with Crippen molar-refractivity contribution in [2.75, 3.05) is 0 Å². The minimum Gasteiger partial charge on any atom is -0.273 e. The van der Waals surface area contributed by atoms with Crippen molar-refractivity contribution in [3.8, 4) is 0 Å². The van der Waals surface area contributed by atoms with E-state index in [1.54, 1.807) is 36.4 Å². The van der Waals surface area contributed by atoms with Gasteiger partial charge in [-0.3, -0.25) is 10.2 Å². The van der Waals surface area contributed by atoms with Crippen molar-refractivity contribution >= 4 is 26.7 Å². The van der Waals surface area contributed by atoms with Gasteiger partial charge >= 0.3 is 0 Å². The number of carbonyl (C=O) groups excluding carboxylic acids is 1. The van der Waals surface area contributed by atoms with Gasteiger partial charge in [0.05, 0.1) is 4.90 Å². The molecule has 5 nitrogen and oxygen atoms in total. The third kappa shape index (κ3) is 3.45. The van der Waals surface area contributed by atoms with Crippen LogP contribution in [0.25, 0.3) is 10.8 Å². The van der Waals surface area contributed by atoms with Gasteiger partial charge in [-0.05, 0) is 42.0 Å². The van der Waals surface area contributed by atoms with Gasteiger partial charge in [0.2, 0.25) is 0 Å². The summed E-state index contributed by atoms with van der Waals surface area (Å²) in [5, 5.41) is 1.75. The molecule has 0 fully saturated rings. The largest absolute Gasteiger partial charge is 0.273 e. The molecule has 0 saturated carbocycles. The van der Waals surface area contributed by atoms with Crippen molar-refractivity contribution < 1.29 is 13.2 Å². The zero-order valence-corrected chi connectivity index (χ0v) is 13.8. The Labute approximate surface area is 140 Å². The molecule has 6 heteroatoms. The molecule has 3 aromatic carbocycles. The Morgan fingerprint density at radius 1 is 0.875 bits per heavy atom. The lowest BCUT2D eigenvalue weighted by Crippen LogP contribution is -2.41. The number of fused-ring (bicyclic) bond motifs is 1. The van der Waals surface area contributed by atoms with E-state index in [0.717, 1.165) is 16.3 Å². The first-order chi connectivity index (χ1) is 11.5. The van der Waals surface area contributed by atoms with Crippen LogP contribution in [0.2, 0.25) is 0 Å². The Morgan fingerprint density at radius 2 is 1.54 bits per heavy atom. The highest BCUT2D eigenvalue weighted by atomic mass is 32.2. The Kier molecular flexibility index (Phi) is 4.33. The van der Waals surface area contributed by atoms with Crippen LogP contribution in [0.3, 0.4) is 0 Å². The average Bonchev–Trinajstić information content (AvgIpc) is 2.60. The van der Waals surface area contributed by atoms with Gasteiger partial charge in [0, 0.05) is 5.56 Å². The molecule has 0 heterocycles. The summed E-state index contributed by atoms with van der Waals surface area (Å²) in [6, 6.07) is 19.1. The van der Waals surface area contributed by atoms with E-state index < -0.39 is 15.9 Å². The Bertz CT molecular complexity index is 996. The molecule has 3 aromatic rings. The van der Waals surface area contributed by atoms with Crippen LogP contribution in [0, 0.1) is 6.92 Å². The van der Waals surface area contributed by atoms with Gasteiger partial charge in [-0.1, -0.05) is 48.0 Å². The zero-order chi connectivity index (χ0) is 17.2. The topological polar surface area (TPSA) is 75.3 Å². The third-order valence-electron chi connectivity index (χ3n) is 3.64. The highest BCUT2D eigenvalue weighted by Crippen LogP contribution is 2.18. The SMILES string of the molecule is Cc1ccc(C(=O)NNS(=O)(=O)c2ccc3ccccc3c2)cc1. The second-order valence-electron chi connectivity index (χ2n) is 5.43. The summed E-state index contributed by atoms with van der Waals surface area (Å²) in [5.41, 5.74) is 3.62. The van der Waals surface area contributed by atoms with Crippen molar-refractivity contribution in [3.05, 3.63) is 77.9 Å². The van der Waals surface area contributed by atoms with E-state index >= 15 is 0 Å². The Balaban J connectivity index is 1.77. The monoisotopic (exact) mass is 340 g/mol. The summed E-state index contributed by atoms with van der Waals surface area (Å²) in [6.45, 7) is 1.91. The maximum absolute atomic E-state index is 12.3. The van der Waals surface area contributed by atoms with E-state index in [-0.39, 0.29) is 4.90 Å². The standard InChI is InChI=1S/C18H16N2O3S/c1-13-6-8-15(9-7-13)18(21)19-20-24(22,23)17-11-10-14-4-2-3-5-16(14)12-17/h2-12,20H,1H3,(H,19,21). The summed E-state index contributed by atoms with van der Waals surface area (Å²) in [4.78, 5) is 14.2. The second-order valence-corrected chi connectivity index (χ2v) is 7.12. The molecular formula is C18H16N2O3S. The molecule has 0 radical (unpaired) electrons. The normalized spacial score (nSPS) is 11.4. The number of amides is 1. The molecule has 0 bridgehead atoms. The van der Waals surface area contributed by atoms with Gasteiger partial charge < -0.3 is 0 Å². The molecule has 0 aliphatic heterocycles. The maximum atomic E-state index is 12.3. The van der Waals surface area contributed by atoms with E-state index in [0.29, 0.717) is 5.56 Å². The first-order valence-electron chi connectivity index (χ1n) is 7.33. The van der Waals surface area contributed by atoms with E-state index in [4.69, 9.17) is 0 Å². The van der Waals surface area contributed by atoms with Crippen molar-refractivity contribution in [3.63, 3.8) is 0 Å². The molecule has 0 spiro atoms. The van der Waals surface area contributed by atoms with Gasteiger partial charge in [-0.15, -0.1) is 4.83 Å². The van der Waals surface area contributed by atoms with E-state index in [2.05, 4.69) is 10.3 Å². The van der Waals surface area contributed by atoms with Crippen molar-refractivity contribution in [2.45, 2.75) is 11.8 Å². The van der Waals surface area contributed by atoms with E-state index in [1.807, 2.05) is 31.2 Å². The lowest BCUT2D eigenvalue weighted by molar-refractivity contribution is 0.0945. The van der Waals surface area contributed by atoms with Crippen LogP contribution in [0.5, 0.6) is 0 Å². The first-order valence-corrected chi connectivity index (χ1v) is 8.82. The molecule has 0 aliphatic rings. The van der Waals surface area contributed by atoms with Crippen LogP contribution in [-0.2, 0) is 10.0 Å². The minimum absolute atomic E-state index is 0.0883. The van der Waals surface area contributed by atoms with Crippen LogP contribution in [0.1, 0.15) is 15.9 Å². The predicted molar refractivity (Wildman–Crippen MR) is 92.9 cm³/mol. The average molecular weight is 340 g/mol. The fourth-order valence-electron chi connectivity index (χ4n) is 2.28.